The number of thiophene rings is 1. The van der Waals surface area contributed by atoms with Crippen LogP contribution in [0.1, 0.15) is 16.7 Å². The summed E-state index contributed by atoms with van der Waals surface area (Å²) in [6.45, 7) is 2.44. The third-order valence-electron chi connectivity index (χ3n) is 3.51. The Morgan fingerprint density at radius 2 is 1.80 bits per heavy atom. The van der Waals surface area contributed by atoms with E-state index >= 15 is 0 Å². The Kier molecular flexibility index (Phi) is 5.31. The molecule has 128 valence electrons. The molecule has 0 N–H and O–H groups in total. The lowest BCUT2D eigenvalue weighted by Gasteiger charge is -2.09. The molecule has 0 aliphatic rings. The summed E-state index contributed by atoms with van der Waals surface area (Å²) in [5, 5.41) is 1.71. The summed E-state index contributed by atoms with van der Waals surface area (Å²) < 4.78 is 34.2. The van der Waals surface area contributed by atoms with Gasteiger partial charge in [-0.1, -0.05) is 48.0 Å². The zero-order chi connectivity index (χ0) is 17.7. The van der Waals surface area contributed by atoms with E-state index in [1.807, 2.05) is 43.3 Å². The molecule has 0 fully saturated rings. The number of aryl methyl sites for hydroxylation is 1. The number of rotatable bonds is 6. The van der Waals surface area contributed by atoms with Gasteiger partial charge in [0.05, 0.1) is 6.21 Å². The summed E-state index contributed by atoms with van der Waals surface area (Å²) in [6, 6.07) is 18.5. The van der Waals surface area contributed by atoms with Crippen LogP contribution < -0.4 is 4.74 Å². The number of para-hydroxylation sites is 1. The van der Waals surface area contributed by atoms with E-state index in [0.29, 0.717) is 17.9 Å². The average molecular weight is 371 g/mol. The van der Waals surface area contributed by atoms with Crippen molar-refractivity contribution >= 4 is 27.6 Å². The van der Waals surface area contributed by atoms with Crippen molar-refractivity contribution in [2.45, 2.75) is 17.7 Å². The molecule has 0 spiro atoms. The van der Waals surface area contributed by atoms with E-state index in [1.165, 1.54) is 17.8 Å². The van der Waals surface area contributed by atoms with Gasteiger partial charge >= 0.3 is 0 Å². The molecule has 0 saturated carbocycles. The molecule has 0 aliphatic carbocycles. The topological polar surface area (TPSA) is 55.7 Å². The van der Waals surface area contributed by atoms with Gasteiger partial charge in [0, 0.05) is 5.56 Å². The highest BCUT2D eigenvalue weighted by molar-refractivity contribution is 7.92. The number of hydrogen-bond acceptors (Lipinski definition) is 4. The quantitative estimate of drug-likeness (QED) is 0.602. The highest BCUT2D eigenvalue weighted by Crippen LogP contribution is 2.21. The predicted octanol–water partition coefficient (Wildman–Crippen LogP) is 4.44. The SMILES string of the molecule is Cc1ccc(COc2ccccc2/C=N\S(=O)(=O)c2cccs2)cc1. The Morgan fingerprint density at radius 1 is 1.04 bits per heavy atom. The monoisotopic (exact) mass is 371 g/mol. The summed E-state index contributed by atoms with van der Waals surface area (Å²) >= 11 is 1.14. The first-order chi connectivity index (χ1) is 12.0. The maximum atomic E-state index is 12.2. The minimum Gasteiger partial charge on any atom is -0.488 e. The Labute approximate surface area is 151 Å². The summed E-state index contributed by atoms with van der Waals surface area (Å²) in [5.41, 5.74) is 2.85. The fourth-order valence-electron chi connectivity index (χ4n) is 2.15. The molecule has 25 heavy (non-hydrogen) atoms. The van der Waals surface area contributed by atoms with Crippen molar-refractivity contribution in [3.05, 3.63) is 82.7 Å². The average Bonchev–Trinajstić information content (AvgIpc) is 3.16. The van der Waals surface area contributed by atoms with Gasteiger partial charge in [-0.2, -0.15) is 12.8 Å². The van der Waals surface area contributed by atoms with Crippen LogP contribution in [-0.4, -0.2) is 14.6 Å². The minimum absolute atomic E-state index is 0.224. The van der Waals surface area contributed by atoms with Crippen molar-refractivity contribution in [3.63, 3.8) is 0 Å². The van der Waals surface area contributed by atoms with E-state index in [4.69, 9.17) is 4.74 Å². The first-order valence-electron chi connectivity index (χ1n) is 7.66. The van der Waals surface area contributed by atoms with Crippen molar-refractivity contribution in [2.24, 2.45) is 4.40 Å². The minimum atomic E-state index is -3.67. The van der Waals surface area contributed by atoms with Crippen LogP contribution in [0.2, 0.25) is 0 Å². The fourth-order valence-corrected chi connectivity index (χ4v) is 3.99. The normalized spacial score (nSPS) is 11.7. The summed E-state index contributed by atoms with van der Waals surface area (Å²) in [5.74, 6) is 0.591. The third-order valence-corrected chi connectivity index (χ3v) is 6.12. The van der Waals surface area contributed by atoms with E-state index in [1.54, 1.807) is 23.6 Å². The molecule has 0 amide bonds. The van der Waals surface area contributed by atoms with Gasteiger partial charge in [0.25, 0.3) is 10.0 Å². The van der Waals surface area contributed by atoms with Gasteiger partial charge < -0.3 is 4.74 Å². The molecule has 4 nitrogen and oxygen atoms in total. The Hall–Kier alpha value is -2.44. The van der Waals surface area contributed by atoms with Crippen molar-refractivity contribution < 1.29 is 13.2 Å². The molecule has 0 saturated heterocycles. The molecule has 0 bridgehead atoms. The molecule has 6 heteroatoms. The largest absolute Gasteiger partial charge is 0.488 e. The van der Waals surface area contributed by atoms with Crippen molar-refractivity contribution in [1.29, 1.82) is 0 Å². The smallest absolute Gasteiger partial charge is 0.291 e. The Balaban J connectivity index is 1.77. The second kappa shape index (κ2) is 7.63. The highest BCUT2D eigenvalue weighted by Gasteiger charge is 2.13. The molecule has 0 atom stereocenters. The van der Waals surface area contributed by atoms with Gasteiger partial charge in [0.15, 0.2) is 0 Å². The number of benzene rings is 2. The second-order valence-corrected chi connectivity index (χ2v) is 8.26. The number of nitrogens with zero attached hydrogens (tertiary/aromatic N) is 1. The van der Waals surface area contributed by atoms with E-state index in [0.717, 1.165) is 16.9 Å². The molecule has 3 rings (SSSR count). The number of hydrogen-bond donors (Lipinski definition) is 0. The molecule has 2 aromatic carbocycles. The van der Waals surface area contributed by atoms with Crippen LogP contribution in [0.25, 0.3) is 0 Å². The van der Waals surface area contributed by atoms with Crippen LogP contribution >= 0.6 is 11.3 Å². The first kappa shape index (κ1) is 17.4. The van der Waals surface area contributed by atoms with Crippen LogP contribution in [0, 0.1) is 6.92 Å². The van der Waals surface area contributed by atoms with Crippen molar-refractivity contribution in [3.8, 4) is 5.75 Å². The molecule has 0 aliphatic heterocycles. The fraction of sp³-hybridized carbons (Fsp3) is 0.105. The maximum Gasteiger partial charge on any atom is 0.291 e. The van der Waals surface area contributed by atoms with Gasteiger partial charge in [-0.05, 0) is 36.1 Å². The standard InChI is InChI=1S/C19H17NO3S2/c1-15-8-10-16(11-9-15)14-23-18-6-3-2-5-17(18)13-20-25(21,22)19-7-4-12-24-19/h2-13H,14H2,1H3/b20-13-. The van der Waals surface area contributed by atoms with Gasteiger partial charge in [0.1, 0.15) is 16.6 Å². The van der Waals surface area contributed by atoms with Crippen molar-refractivity contribution in [2.75, 3.05) is 0 Å². The van der Waals surface area contributed by atoms with E-state index in [2.05, 4.69) is 4.40 Å². The van der Waals surface area contributed by atoms with Gasteiger partial charge in [0.2, 0.25) is 0 Å². The van der Waals surface area contributed by atoms with Crippen LogP contribution in [-0.2, 0) is 16.6 Å². The van der Waals surface area contributed by atoms with Crippen LogP contribution in [0.5, 0.6) is 5.75 Å². The lowest BCUT2D eigenvalue weighted by atomic mass is 10.1. The summed E-state index contributed by atoms with van der Waals surface area (Å²) in [6.07, 6.45) is 1.33. The molecule has 0 unspecified atom stereocenters. The molecular weight excluding hydrogens is 354 g/mol. The second-order valence-electron chi connectivity index (χ2n) is 5.45. The molecular formula is C19H17NO3S2. The number of ether oxygens (including phenoxy) is 1. The summed E-state index contributed by atoms with van der Waals surface area (Å²) in [7, 11) is -3.67. The van der Waals surface area contributed by atoms with Gasteiger partial charge in [-0.25, -0.2) is 0 Å². The van der Waals surface area contributed by atoms with E-state index in [-0.39, 0.29) is 4.21 Å². The molecule has 0 radical (unpaired) electrons. The zero-order valence-corrected chi connectivity index (χ0v) is 15.3. The van der Waals surface area contributed by atoms with E-state index < -0.39 is 10.0 Å². The van der Waals surface area contributed by atoms with Gasteiger partial charge in [-0.15, -0.1) is 11.3 Å². The predicted molar refractivity (Wildman–Crippen MR) is 101 cm³/mol. The highest BCUT2D eigenvalue weighted by atomic mass is 32.2. The Morgan fingerprint density at radius 3 is 2.52 bits per heavy atom. The maximum absolute atomic E-state index is 12.2. The first-order valence-corrected chi connectivity index (χ1v) is 9.98. The van der Waals surface area contributed by atoms with Crippen LogP contribution in [0.3, 0.4) is 0 Å². The van der Waals surface area contributed by atoms with Crippen LogP contribution in [0.4, 0.5) is 0 Å². The lowest BCUT2D eigenvalue weighted by molar-refractivity contribution is 0.306. The Bertz CT molecular complexity index is 960. The van der Waals surface area contributed by atoms with E-state index in [9.17, 15) is 8.42 Å². The van der Waals surface area contributed by atoms with Crippen molar-refractivity contribution in [1.82, 2.24) is 0 Å². The molecule has 3 aromatic rings. The molecule has 1 heterocycles. The molecule has 1 aromatic heterocycles. The van der Waals surface area contributed by atoms with Crippen LogP contribution in [0.15, 0.2) is 74.7 Å². The number of sulfonamides is 1. The zero-order valence-electron chi connectivity index (χ0n) is 13.6. The van der Waals surface area contributed by atoms with Gasteiger partial charge in [-0.3, -0.25) is 0 Å². The third kappa shape index (κ3) is 4.55. The summed E-state index contributed by atoms with van der Waals surface area (Å²) in [4.78, 5) is 0. The lowest BCUT2D eigenvalue weighted by Crippen LogP contribution is -2.00.